The number of hydrogen-bond acceptors (Lipinski definition) is 4. The molecular weight excluding hydrogens is 202 g/mol. The molecule has 4 nitrogen and oxygen atoms in total. The lowest BCUT2D eigenvalue weighted by Gasteiger charge is -2.08. The van der Waals surface area contributed by atoms with Gasteiger partial charge in [-0.3, -0.25) is 4.79 Å². The number of rotatable bonds is 2. The molecule has 4 heteroatoms. The fourth-order valence-electron chi connectivity index (χ4n) is 1.68. The summed E-state index contributed by atoms with van der Waals surface area (Å²) in [7, 11) is 1.76. The van der Waals surface area contributed by atoms with Crippen LogP contribution in [0.5, 0.6) is 0 Å². The summed E-state index contributed by atoms with van der Waals surface area (Å²) in [5.41, 5.74) is 8.41. The van der Waals surface area contributed by atoms with E-state index in [1.165, 1.54) is 6.92 Å². The van der Waals surface area contributed by atoms with Crippen LogP contribution in [0.15, 0.2) is 24.3 Å². The van der Waals surface area contributed by atoms with Crippen molar-refractivity contribution >= 4 is 28.1 Å². The standard InChI is InChI=1S/C12H13N3O/c1-7(16)12-11(14-2)6-8-9(13)4-3-5-10(8)15-12/h3-6,14H,13H2,1-2H3. The summed E-state index contributed by atoms with van der Waals surface area (Å²) < 4.78 is 0. The fraction of sp³-hybridized carbons (Fsp3) is 0.167. The summed E-state index contributed by atoms with van der Waals surface area (Å²) in [5.74, 6) is -0.0614. The second-order valence-corrected chi connectivity index (χ2v) is 3.60. The number of nitrogen functional groups attached to an aromatic ring is 1. The van der Waals surface area contributed by atoms with Crippen molar-refractivity contribution in [3.8, 4) is 0 Å². The molecule has 2 rings (SSSR count). The number of nitrogens with zero attached hydrogens (tertiary/aromatic N) is 1. The summed E-state index contributed by atoms with van der Waals surface area (Å²) in [6, 6.07) is 7.34. The van der Waals surface area contributed by atoms with Crippen LogP contribution >= 0.6 is 0 Å². The van der Waals surface area contributed by atoms with Crippen LogP contribution in [-0.2, 0) is 0 Å². The van der Waals surface area contributed by atoms with Crippen molar-refractivity contribution in [2.45, 2.75) is 6.92 Å². The van der Waals surface area contributed by atoms with Crippen LogP contribution in [0.25, 0.3) is 10.9 Å². The van der Waals surface area contributed by atoms with Crippen molar-refractivity contribution in [1.82, 2.24) is 4.98 Å². The lowest BCUT2D eigenvalue weighted by atomic mass is 10.1. The first-order valence-electron chi connectivity index (χ1n) is 5.01. The van der Waals surface area contributed by atoms with E-state index >= 15 is 0 Å². The highest BCUT2D eigenvalue weighted by molar-refractivity contribution is 6.02. The Morgan fingerprint density at radius 1 is 1.44 bits per heavy atom. The number of Topliss-reactive ketones (excluding diaryl/α,β-unsaturated/α-hetero) is 1. The fourth-order valence-corrected chi connectivity index (χ4v) is 1.68. The van der Waals surface area contributed by atoms with E-state index in [0.717, 1.165) is 10.9 Å². The zero-order valence-corrected chi connectivity index (χ0v) is 9.24. The van der Waals surface area contributed by atoms with Gasteiger partial charge >= 0.3 is 0 Å². The molecule has 0 radical (unpaired) electrons. The molecule has 1 aromatic heterocycles. The van der Waals surface area contributed by atoms with Crippen molar-refractivity contribution in [2.24, 2.45) is 0 Å². The van der Waals surface area contributed by atoms with Crippen LogP contribution in [-0.4, -0.2) is 17.8 Å². The largest absolute Gasteiger partial charge is 0.398 e. The molecule has 82 valence electrons. The van der Waals surface area contributed by atoms with Crippen LogP contribution in [0.3, 0.4) is 0 Å². The Hall–Kier alpha value is -2.10. The molecule has 0 spiro atoms. The third-order valence-corrected chi connectivity index (χ3v) is 2.50. The summed E-state index contributed by atoms with van der Waals surface area (Å²) in [6.45, 7) is 1.50. The zero-order valence-electron chi connectivity index (χ0n) is 9.24. The normalized spacial score (nSPS) is 10.4. The number of fused-ring (bicyclic) bond motifs is 1. The molecule has 0 aliphatic rings. The van der Waals surface area contributed by atoms with Crippen LogP contribution < -0.4 is 11.1 Å². The Morgan fingerprint density at radius 3 is 2.81 bits per heavy atom. The lowest BCUT2D eigenvalue weighted by Crippen LogP contribution is -2.04. The Morgan fingerprint density at radius 2 is 2.19 bits per heavy atom. The van der Waals surface area contributed by atoms with Gasteiger partial charge in [0.25, 0.3) is 0 Å². The van der Waals surface area contributed by atoms with Gasteiger partial charge in [-0.2, -0.15) is 0 Å². The number of aromatic nitrogens is 1. The highest BCUT2D eigenvalue weighted by Crippen LogP contribution is 2.25. The second kappa shape index (κ2) is 3.81. The van der Waals surface area contributed by atoms with Gasteiger partial charge in [0, 0.05) is 25.0 Å². The van der Waals surface area contributed by atoms with Crippen molar-refractivity contribution in [1.29, 1.82) is 0 Å². The zero-order chi connectivity index (χ0) is 11.7. The quantitative estimate of drug-likeness (QED) is 0.594. The van der Waals surface area contributed by atoms with E-state index < -0.39 is 0 Å². The Bertz CT molecular complexity index is 563. The molecule has 1 aromatic carbocycles. The molecule has 0 saturated heterocycles. The number of carbonyl (C=O) groups is 1. The predicted molar refractivity (Wildman–Crippen MR) is 65.7 cm³/mol. The molecule has 16 heavy (non-hydrogen) atoms. The van der Waals surface area contributed by atoms with E-state index in [-0.39, 0.29) is 5.78 Å². The Kier molecular flexibility index (Phi) is 2.48. The van der Waals surface area contributed by atoms with Crippen LogP contribution in [0.1, 0.15) is 17.4 Å². The van der Waals surface area contributed by atoms with Gasteiger partial charge in [-0.15, -0.1) is 0 Å². The van der Waals surface area contributed by atoms with Crippen molar-refractivity contribution in [3.63, 3.8) is 0 Å². The molecule has 2 aromatic rings. The highest BCUT2D eigenvalue weighted by atomic mass is 16.1. The average Bonchev–Trinajstić information content (AvgIpc) is 2.28. The van der Waals surface area contributed by atoms with Gasteiger partial charge in [0.2, 0.25) is 0 Å². The summed E-state index contributed by atoms with van der Waals surface area (Å²) in [4.78, 5) is 15.7. The minimum Gasteiger partial charge on any atom is -0.398 e. The number of nitrogens with two attached hydrogens (primary N) is 1. The van der Waals surface area contributed by atoms with Gasteiger partial charge in [0.1, 0.15) is 5.69 Å². The lowest BCUT2D eigenvalue weighted by molar-refractivity contribution is 0.101. The van der Waals surface area contributed by atoms with E-state index in [9.17, 15) is 4.79 Å². The van der Waals surface area contributed by atoms with E-state index in [1.807, 2.05) is 24.3 Å². The van der Waals surface area contributed by atoms with Gasteiger partial charge in [0.15, 0.2) is 5.78 Å². The highest BCUT2D eigenvalue weighted by Gasteiger charge is 2.10. The molecule has 0 unspecified atom stereocenters. The number of carbonyl (C=O) groups excluding carboxylic acids is 1. The third-order valence-electron chi connectivity index (χ3n) is 2.50. The van der Waals surface area contributed by atoms with E-state index in [1.54, 1.807) is 7.05 Å². The molecule has 1 heterocycles. The monoisotopic (exact) mass is 215 g/mol. The number of pyridine rings is 1. The Labute approximate surface area is 93.5 Å². The van der Waals surface area contributed by atoms with Gasteiger partial charge in [-0.05, 0) is 18.2 Å². The number of hydrogen-bond donors (Lipinski definition) is 2. The van der Waals surface area contributed by atoms with Gasteiger partial charge in [0.05, 0.1) is 11.2 Å². The van der Waals surface area contributed by atoms with Gasteiger partial charge in [-0.1, -0.05) is 6.07 Å². The van der Waals surface area contributed by atoms with Gasteiger partial charge in [-0.25, -0.2) is 4.98 Å². The predicted octanol–water partition coefficient (Wildman–Crippen LogP) is 2.06. The maximum atomic E-state index is 11.4. The molecule has 0 aliphatic carbocycles. The van der Waals surface area contributed by atoms with Crippen LogP contribution in [0.2, 0.25) is 0 Å². The maximum absolute atomic E-state index is 11.4. The molecule has 0 atom stereocenters. The topological polar surface area (TPSA) is 68.0 Å². The molecular formula is C12H13N3O. The average molecular weight is 215 g/mol. The third kappa shape index (κ3) is 1.58. The van der Waals surface area contributed by atoms with E-state index in [4.69, 9.17) is 5.73 Å². The SMILES string of the molecule is CNc1cc2c(N)cccc2nc1C(C)=O. The summed E-state index contributed by atoms with van der Waals surface area (Å²) in [5, 5.41) is 3.82. The summed E-state index contributed by atoms with van der Waals surface area (Å²) >= 11 is 0. The first-order chi connectivity index (χ1) is 7.63. The molecule has 0 aliphatic heterocycles. The first-order valence-corrected chi connectivity index (χ1v) is 5.01. The number of ketones is 1. The van der Waals surface area contributed by atoms with Crippen LogP contribution in [0, 0.1) is 0 Å². The maximum Gasteiger partial charge on any atom is 0.180 e. The van der Waals surface area contributed by atoms with Crippen LogP contribution in [0.4, 0.5) is 11.4 Å². The van der Waals surface area contributed by atoms with Crippen molar-refractivity contribution in [2.75, 3.05) is 18.1 Å². The smallest absolute Gasteiger partial charge is 0.180 e. The second-order valence-electron chi connectivity index (χ2n) is 3.60. The van der Waals surface area contributed by atoms with Crippen molar-refractivity contribution < 1.29 is 4.79 Å². The van der Waals surface area contributed by atoms with E-state index in [0.29, 0.717) is 17.1 Å². The molecule has 0 fully saturated rings. The first kappa shape index (κ1) is 10.4. The van der Waals surface area contributed by atoms with E-state index in [2.05, 4.69) is 10.3 Å². The summed E-state index contributed by atoms with van der Waals surface area (Å²) in [6.07, 6.45) is 0. The number of benzene rings is 1. The molecule has 0 saturated carbocycles. The van der Waals surface area contributed by atoms with Crippen molar-refractivity contribution in [3.05, 3.63) is 30.0 Å². The number of anilines is 2. The number of nitrogens with one attached hydrogen (secondary N) is 1. The minimum atomic E-state index is -0.0614. The Balaban J connectivity index is 2.80. The molecule has 3 N–H and O–H groups in total. The molecule has 0 amide bonds. The minimum absolute atomic E-state index is 0.0614. The molecule has 0 bridgehead atoms. The van der Waals surface area contributed by atoms with Gasteiger partial charge < -0.3 is 11.1 Å².